The van der Waals surface area contributed by atoms with Crippen LogP contribution in [0.3, 0.4) is 0 Å². The van der Waals surface area contributed by atoms with Crippen LogP contribution in [0, 0.1) is 0 Å². The van der Waals surface area contributed by atoms with Gasteiger partial charge in [0.15, 0.2) is 0 Å². The summed E-state index contributed by atoms with van der Waals surface area (Å²) in [7, 11) is 1.72. The van der Waals surface area contributed by atoms with E-state index in [0.717, 1.165) is 5.56 Å². The van der Waals surface area contributed by atoms with Crippen LogP contribution in [0.1, 0.15) is 28.9 Å². The van der Waals surface area contributed by atoms with Gasteiger partial charge in [0.05, 0.1) is 12.2 Å². The molecule has 0 aliphatic heterocycles. The van der Waals surface area contributed by atoms with Crippen LogP contribution >= 0.6 is 11.6 Å². The average Bonchev–Trinajstić information content (AvgIpc) is 2.91. The summed E-state index contributed by atoms with van der Waals surface area (Å²) >= 11 is 5.86. The highest BCUT2D eigenvalue weighted by atomic mass is 35.5. The van der Waals surface area contributed by atoms with Gasteiger partial charge in [-0.1, -0.05) is 11.6 Å². The Kier molecular flexibility index (Phi) is 4.01. The van der Waals surface area contributed by atoms with E-state index in [1.54, 1.807) is 25.5 Å². The largest absolute Gasteiger partial charge is 0.373 e. The molecule has 0 aliphatic rings. The van der Waals surface area contributed by atoms with Crippen molar-refractivity contribution < 1.29 is 4.79 Å². The molecule has 2 aromatic heterocycles. The lowest BCUT2D eigenvalue weighted by Crippen LogP contribution is -2.26. The quantitative estimate of drug-likeness (QED) is 0.748. The van der Waals surface area contributed by atoms with Crippen LogP contribution in [0.4, 0.5) is 5.82 Å². The maximum atomic E-state index is 12.1. The number of nitrogens with one attached hydrogen (secondary N) is 3. The molecule has 0 aromatic carbocycles. The van der Waals surface area contributed by atoms with E-state index in [1.165, 1.54) is 6.07 Å². The molecule has 100 valence electrons. The van der Waals surface area contributed by atoms with E-state index < -0.39 is 0 Å². The van der Waals surface area contributed by atoms with Crippen molar-refractivity contribution in [1.29, 1.82) is 0 Å². The van der Waals surface area contributed by atoms with E-state index in [2.05, 4.69) is 25.8 Å². The number of anilines is 1. The van der Waals surface area contributed by atoms with E-state index >= 15 is 0 Å². The molecular weight excluding hydrogens is 266 g/mol. The topological polar surface area (TPSA) is 82.7 Å². The lowest BCUT2D eigenvalue weighted by atomic mass is 10.1. The molecule has 2 rings (SSSR count). The van der Waals surface area contributed by atoms with Crippen molar-refractivity contribution in [3.63, 3.8) is 0 Å². The summed E-state index contributed by atoms with van der Waals surface area (Å²) in [4.78, 5) is 16.1. The molecule has 0 saturated heterocycles. The van der Waals surface area contributed by atoms with Crippen LogP contribution in [0.15, 0.2) is 24.5 Å². The Bertz CT molecular complexity index is 570. The van der Waals surface area contributed by atoms with E-state index in [4.69, 9.17) is 11.6 Å². The van der Waals surface area contributed by atoms with E-state index in [0.29, 0.717) is 11.4 Å². The zero-order chi connectivity index (χ0) is 13.8. The fourth-order valence-electron chi connectivity index (χ4n) is 1.62. The first kappa shape index (κ1) is 13.4. The van der Waals surface area contributed by atoms with Crippen LogP contribution in [0.5, 0.6) is 0 Å². The van der Waals surface area contributed by atoms with Crippen molar-refractivity contribution in [3.05, 3.63) is 40.8 Å². The zero-order valence-corrected chi connectivity index (χ0v) is 11.3. The SMILES string of the molecule is CNc1cc(C(=O)NC(C)c2cn[nH]c2)cc(Cl)n1. The third-order valence-electron chi connectivity index (χ3n) is 2.68. The molecule has 2 aromatic rings. The van der Waals surface area contributed by atoms with Crippen molar-refractivity contribution >= 4 is 23.3 Å². The second-order valence-electron chi connectivity index (χ2n) is 4.04. The number of carbonyl (C=O) groups is 1. The van der Waals surface area contributed by atoms with Crippen LogP contribution in [0.2, 0.25) is 5.15 Å². The molecule has 0 spiro atoms. The summed E-state index contributed by atoms with van der Waals surface area (Å²) in [6.45, 7) is 1.88. The molecular formula is C12H14ClN5O. The lowest BCUT2D eigenvalue weighted by Gasteiger charge is -2.12. The maximum absolute atomic E-state index is 12.1. The number of rotatable bonds is 4. The minimum Gasteiger partial charge on any atom is -0.373 e. The minimum absolute atomic E-state index is 0.142. The van der Waals surface area contributed by atoms with Gasteiger partial charge in [0.25, 0.3) is 5.91 Å². The molecule has 19 heavy (non-hydrogen) atoms. The molecule has 7 heteroatoms. The number of amides is 1. The van der Waals surface area contributed by atoms with Gasteiger partial charge in [0.2, 0.25) is 0 Å². The molecule has 1 amide bonds. The van der Waals surface area contributed by atoms with Gasteiger partial charge in [0, 0.05) is 24.4 Å². The predicted octanol–water partition coefficient (Wildman–Crippen LogP) is 1.99. The van der Waals surface area contributed by atoms with Crippen LogP contribution in [0.25, 0.3) is 0 Å². The maximum Gasteiger partial charge on any atom is 0.251 e. The fraction of sp³-hybridized carbons (Fsp3) is 0.250. The van der Waals surface area contributed by atoms with E-state index in [-0.39, 0.29) is 17.1 Å². The van der Waals surface area contributed by atoms with Crippen molar-refractivity contribution in [3.8, 4) is 0 Å². The van der Waals surface area contributed by atoms with Gasteiger partial charge < -0.3 is 10.6 Å². The fourth-order valence-corrected chi connectivity index (χ4v) is 1.83. The van der Waals surface area contributed by atoms with Gasteiger partial charge in [-0.2, -0.15) is 5.10 Å². The highest BCUT2D eigenvalue weighted by molar-refractivity contribution is 6.29. The predicted molar refractivity (Wildman–Crippen MR) is 73.3 cm³/mol. The van der Waals surface area contributed by atoms with Crippen molar-refractivity contribution in [2.24, 2.45) is 0 Å². The molecule has 6 nitrogen and oxygen atoms in total. The Morgan fingerprint density at radius 3 is 2.89 bits per heavy atom. The van der Waals surface area contributed by atoms with E-state index in [1.807, 2.05) is 6.92 Å². The summed E-state index contributed by atoms with van der Waals surface area (Å²) in [6, 6.07) is 3.03. The first-order chi connectivity index (χ1) is 9.10. The van der Waals surface area contributed by atoms with Crippen molar-refractivity contribution in [1.82, 2.24) is 20.5 Å². The van der Waals surface area contributed by atoms with Crippen LogP contribution in [-0.2, 0) is 0 Å². The zero-order valence-electron chi connectivity index (χ0n) is 10.6. The number of aromatic amines is 1. The van der Waals surface area contributed by atoms with Gasteiger partial charge in [-0.05, 0) is 19.1 Å². The Morgan fingerprint density at radius 2 is 2.26 bits per heavy atom. The third-order valence-corrected chi connectivity index (χ3v) is 2.87. The Morgan fingerprint density at radius 1 is 1.47 bits per heavy atom. The van der Waals surface area contributed by atoms with Crippen LogP contribution < -0.4 is 10.6 Å². The summed E-state index contributed by atoms with van der Waals surface area (Å²) < 4.78 is 0. The highest BCUT2D eigenvalue weighted by Crippen LogP contribution is 2.16. The lowest BCUT2D eigenvalue weighted by molar-refractivity contribution is 0.0940. The summed E-state index contributed by atoms with van der Waals surface area (Å²) in [6.07, 6.45) is 3.41. The number of H-pyrrole nitrogens is 1. The molecule has 0 bridgehead atoms. The molecule has 0 saturated carbocycles. The number of halogens is 1. The smallest absolute Gasteiger partial charge is 0.251 e. The third kappa shape index (κ3) is 3.23. The van der Waals surface area contributed by atoms with Gasteiger partial charge in [-0.15, -0.1) is 0 Å². The van der Waals surface area contributed by atoms with Crippen LogP contribution in [-0.4, -0.2) is 28.1 Å². The second-order valence-corrected chi connectivity index (χ2v) is 4.43. The molecule has 0 fully saturated rings. The first-order valence-electron chi connectivity index (χ1n) is 5.75. The van der Waals surface area contributed by atoms with Gasteiger partial charge in [-0.3, -0.25) is 9.89 Å². The molecule has 1 unspecified atom stereocenters. The average molecular weight is 280 g/mol. The Labute approximate surface area is 115 Å². The number of hydrogen-bond acceptors (Lipinski definition) is 4. The second kappa shape index (κ2) is 5.71. The Balaban J connectivity index is 2.13. The first-order valence-corrected chi connectivity index (χ1v) is 6.13. The van der Waals surface area contributed by atoms with Gasteiger partial charge >= 0.3 is 0 Å². The summed E-state index contributed by atoms with van der Waals surface area (Å²) in [5.41, 5.74) is 1.36. The molecule has 3 N–H and O–H groups in total. The summed E-state index contributed by atoms with van der Waals surface area (Å²) in [5.74, 6) is 0.336. The minimum atomic E-state index is -0.213. The highest BCUT2D eigenvalue weighted by Gasteiger charge is 2.13. The standard InChI is InChI=1S/C12H14ClN5O/c1-7(9-5-15-16-6-9)17-12(19)8-3-10(13)18-11(4-8)14-2/h3-7H,1-2H3,(H,14,18)(H,15,16)(H,17,19). The number of nitrogens with zero attached hydrogens (tertiary/aromatic N) is 2. The van der Waals surface area contributed by atoms with Crippen molar-refractivity contribution in [2.75, 3.05) is 12.4 Å². The number of pyridine rings is 1. The molecule has 0 aliphatic carbocycles. The number of aromatic nitrogens is 3. The van der Waals surface area contributed by atoms with Crippen molar-refractivity contribution in [2.45, 2.75) is 13.0 Å². The summed E-state index contributed by atoms with van der Waals surface area (Å²) in [5, 5.41) is 12.5. The molecule has 0 radical (unpaired) electrons. The molecule has 2 heterocycles. The van der Waals surface area contributed by atoms with Gasteiger partial charge in [0.1, 0.15) is 11.0 Å². The Hall–Kier alpha value is -2.08. The number of carbonyl (C=O) groups excluding carboxylic acids is 1. The molecule has 1 atom stereocenters. The van der Waals surface area contributed by atoms with Gasteiger partial charge in [-0.25, -0.2) is 4.98 Å². The normalized spacial score (nSPS) is 11.9. The van der Waals surface area contributed by atoms with E-state index in [9.17, 15) is 4.79 Å². The monoisotopic (exact) mass is 279 g/mol. The number of hydrogen-bond donors (Lipinski definition) is 3.